The molecule has 2 saturated heterocycles. The molecule has 4 aromatic heterocycles. The zero-order chi connectivity index (χ0) is 49.6. The predicted octanol–water partition coefficient (Wildman–Crippen LogP) is 7.03. The van der Waals surface area contributed by atoms with Gasteiger partial charge >= 0.3 is 24.3 Å². The molecule has 2 aliphatic rings. The lowest BCUT2D eigenvalue weighted by Gasteiger charge is -2.33. The fraction of sp³-hybridized carbons (Fsp3) is 0.362. The molecule has 0 spiro atoms. The number of amides is 4. The van der Waals surface area contributed by atoms with Crippen LogP contribution >= 0.6 is 0 Å². The van der Waals surface area contributed by atoms with Crippen molar-refractivity contribution in [3.8, 4) is 33.8 Å². The maximum absolute atomic E-state index is 13.9. The van der Waals surface area contributed by atoms with Crippen molar-refractivity contribution in [3.05, 3.63) is 103 Å². The minimum Gasteiger partial charge on any atom is -0.475 e. The Hall–Kier alpha value is -7.91. The predicted molar refractivity (Wildman–Crippen MR) is 243 cm³/mol. The van der Waals surface area contributed by atoms with E-state index >= 15 is 0 Å². The molecule has 2 fully saturated rings. The summed E-state index contributed by atoms with van der Waals surface area (Å²) >= 11 is 0. The fourth-order valence-corrected chi connectivity index (χ4v) is 8.59. The number of H-pyrrole nitrogens is 2. The number of pyridine rings is 1. The first kappa shape index (κ1) is 49.0. The van der Waals surface area contributed by atoms with Gasteiger partial charge in [-0.2, -0.15) is 13.2 Å². The molecule has 6 heterocycles. The van der Waals surface area contributed by atoms with Crippen LogP contribution in [0, 0.1) is 5.92 Å². The number of nitrogens with one attached hydrogen (secondary N) is 3. The number of carboxylic acids is 1. The standard InChI is InChI=1S/C45H49N11O6.C2HF3O2/c1-26(2)39(54(3)45(60)61)43(58)56-20-8-11-38(56)41-48-24-35(51-41)28-14-12-27(13-15-28)34-23-47-32-21-29(16-17-31(32)50-34)36-25-49-40(52-36)37-10-7-19-55(37)42(57)33(53-44(59)62-4)22-30-9-5-6-18-46-30;3-2(4,5)1(6)7/h5-6,9,12-18,21,23-26,33,37-39H,7-8,10-11,19-20,22H2,1-4H3,(H,48,51)(H,49,52)(H,53,59)(H,60,61);(H,6,7)/t33-,37+,38+,39+;/m1./s1. The first-order valence-corrected chi connectivity index (χ1v) is 22.0. The number of aromatic amines is 2. The van der Waals surface area contributed by atoms with Crippen LogP contribution in [0.2, 0.25) is 0 Å². The Bertz CT molecular complexity index is 2800. The summed E-state index contributed by atoms with van der Waals surface area (Å²) in [6, 6.07) is 17.0. The zero-order valence-electron chi connectivity index (χ0n) is 38.0. The molecule has 0 aliphatic carbocycles. The summed E-state index contributed by atoms with van der Waals surface area (Å²) < 4.78 is 36.6. The van der Waals surface area contributed by atoms with Crippen LogP contribution in [0.1, 0.15) is 69.0 Å². The van der Waals surface area contributed by atoms with Gasteiger partial charge in [-0.05, 0) is 61.4 Å². The number of aromatic nitrogens is 7. The number of fused-ring (bicyclic) bond motifs is 1. The van der Waals surface area contributed by atoms with Crippen LogP contribution in [0.5, 0.6) is 0 Å². The number of likely N-dealkylation sites (tertiary alicyclic amines) is 2. The van der Waals surface area contributed by atoms with E-state index in [1.54, 1.807) is 40.7 Å². The lowest BCUT2D eigenvalue weighted by molar-refractivity contribution is -0.192. The van der Waals surface area contributed by atoms with Crippen LogP contribution in [0.4, 0.5) is 22.8 Å². The highest BCUT2D eigenvalue weighted by Crippen LogP contribution is 2.35. The molecule has 2 aromatic carbocycles. The number of methoxy groups -OCH3 is 1. The van der Waals surface area contributed by atoms with Gasteiger partial charge in [-0.15, -0.1) is 0 Å². The number of alkyl halides is 3. The number of hydrogen-bond acceptors (Lipinski definition) is 11. The average Bonchev–Trinajstić information content (AvgIpc) is 4.19. The monoisotopic (exact) mass is 953 g/mol. The minimum absolute atomic E-state index is 0.185. The second kappa shape index (κ2) is 20.9. The maximum atomic E-state index is 13.9. The van der Waals surface area contributed by atoms with E-state index in [0.29, 0.717) is 41.6 Å². The Labute approximate surface area is 393 Å². The molecule has 0 saturated carbocycles. The molecular formula is C47H50F3N11O8. The lowest BCUT2D eigenvalue weighted by Crippen LogP contribution is -2.51. The van der Waals surface area contributed by atoms with Crippen LogP contribution in [-0.4, -0.2) is 135 Å². The van der Waals surface area contributed by atoms with Crippen molar-refractivity contribution >= 4 is 41.0 Å². The Morgan fingerprint density at radius 1 is 0.797 bits per heavy atom. The van der Waals surface area contributed by atoms with Crippen LogP contribution in [-0.2, 0) is 25.5 Å². The molecule has 0 unspecified atom stereocenters. The molecule has 69 heavy (non-hydrogen) atoms. The third kappa shape index (κ3) is 11.3. The van der Waals surface area contributed by atoms with Crippen LogP contribution in [0.25, 0.3) is 44.8 Å². The second-order valence-electron chi connectivity index (χ2n) is 16.9. The molecule has 5 N–H and O–H groups in total. The van der Waals surface area contributed by atoms with Crippen LogP contribution in [0.15, 0.2) is 85.5 Å². The number of likely N-dealkylation sites (N-methyl/N-ethyl adjacent to an activating group) is 1. The number of nitrogens with zero attached hydrogens (tertiary/aromatic N) is 8. The molecule has 19 nitrogen and oxygen atoms in total. The normalized spacial score (nSPS) is 16.7. The van der Waals surface area contributed by atoms with E-state index in [1.807, 2.05) is 68.4 Å². The number of aliphatic carboxylic acids is 1. The van der Waals surface area contributed by atoms with Crippen LogP contribution < -0.4 is 5.32 Å². The number of hydrogen-bond donors (Lipinski definition) is 5. The Kier molecular flexibility index (Phi) is 14.9. The van der Waals surface area contributed by atoms with Gasteiger partial charge in [-0.25, -0.2) is 29.3 Å². The van der Waals surface area contributed by atoms with Crippen molar-refractivity contribution in [1.29, 1.82) is 0 Å². The van der Waals surface area contributed by atoms with Gasteiger partial charge in [-0.1, -0.05) is 50.2 Å². The highest BCUT2D eigenvalue weighted by atomic mass is 19.4. The first-order chi connectivity index (χ1) is 32.9. The van der Waals surface area contributed by atoms with Gasteiger partial charge in [0.25, 0.3) is 0 Å². The molecular weight excluding hydrogens is 904 g/mol. The number of halogens is 3. The fourth-order valence-electron chi connectivity index (χ4n) is 8.59. The highest BCUT2D eigenvalue weighted by molar-refractivity contribution is 5.87. The molecule has 0 radical (unpaired) electrons. The van der Waals surface area contributed by atoms with Gasteiger partial charge in [0.15, 0.2) is 0 Å². The molecule has 8 rings (SSSR count). The van der Waals surface area contributed by atoms with E-state index in [0.717, 1.165) is 64.2 Å². The van der Waals surface area contributed by atoms with Gasteiger partial charge in [-0.3, -0.25) is 24.5 Å². The minimum atomic E-state index is -5.08. The Morgan fingerprint density at radius 3 is 1.93 bits per heavy atom. The molecule has 0 bridgehead atoms. The third-order valence-corrected chi connectivity index (χ3v) is 12.0. The van der Waals surface area contributed by atoms with Crippen molar-refractivity contribution < 1.29 is 52.1 Å². The summed E-state index contributed by atoms with van der Waals surface area (Å²) in [5.74, 6) is -2.05. The van der Waals surface area contributed by atoms with Crippen LogP contribution in [0.3, 0.4) is 0 Å². The molecule has 6 aromatic rings. The summed E-state index contributed by atoms with van der Waals surface area (Å²) in [7, 11) is 2.71. The first-order valence-electron chi connectivity index (χ1n) is 22.0. The third-order valence-electron chi connectivity index (χ3n) is 12.0. The van der Waals surface area contributed by atoms with E-state index in [2.05, 4.69) is 25.3 Å². The molecule has 22 heteroatoms. The average molecular weight is 954 g/mol. The van der Waals surface area contributed by atoms with E-state index < -0.39 is 36.4 Å². The summed E-state index contributed by atoms with van der Waals surface area (Å²) in [5.41, 5.74) is 7.09. The summed E-state index contributed by atoms with van der Waals surface area (Å²) in [6.07, 6.45) is 3.30. The van der Waals surface area contributed by atoms with E-state index in [9.17, 15) is 37.5 Å². The second-order valence-corrected chi connectivity index (χ2v) is 16.9. The Balaban J connectivity index is 0.000000933. The van der Waals surface area contributed by atoms with Crippen molar-refractivity contribution in [2.75, 3.05) is 27.2 Å². The number of carboxylic acid groups (broad SMARTS) is 2. The van der Waals surface area contributed by atoms with Gasteiger partial charge in [0.05, 0.1) is 65.9 Å². The Morgan fingerprint density at radius 2 is 1.38 bits per heavy atom. The van der Waals surface area contributed by atoms with Gasteiger partial charge in [0.1, 0.15) is 23.7 Å². The number of carbonyl (C=O) groups excluding carboxylic acids is 3. The van der Waals surface area contributed by atoms with Gasteiger partial charge in [0, 0.05) is 49.6 Å². The number of benzene rings is 2. The van der Waals surface area contributed by atoms with Gasteiger partial charge in [0.2, 0.25) is 11.8 Å². The summed E-state index contributed by atoms with van der Waals surface area (Å²) in [5, 5.41) is 19.4. The zero-order valence-corrected chi connectivity index (χ0v) is 38.0. The quantitative estimate of drug-likeness (QED) is 0.0827. The largest absolute Gasteiger partial charge is 0.490 e. The van der Waals surface area contributed by atoms with E-state index in [1.165, 1.54) is 14.2 Å². The maximum Gasteiger partial charge on any atom is 0.490 e. The van der Waals surface area contributed by atoms with Crippen molar-refractivity contribution in [2.45, 2.75) is 76.3 Å². The topological polar surface area (TPSA) is 253 Å². The highest BCUT2D eigenvalue weighted by Gasteiger charge is 2.41. The van der Waals surface area contributed by atoms with Gasteiger partial charge < -0.3 is 40.0 Å². The molecule has 4 amide bonds. The van der Waals surface area contributed by atoms with Crippen molar-refractivity contribution in [1.82, 2.24) is 54.9 Å². The lowest BCUT2D eigenvalue weighted by atomic mass is 10.0. The smallest absolute Gasteiger partial charge is 0.475 e. The molecule has 362 valence electrons. The van der Waals surface area contributed by atoms with E-state index in [-0.39, 0.29) is 36.2 Å². The molecule has 2 aliphatic heterocycles. The summed E-state index contributed by atoms with van der Waals surface area (Å²) in [4.78, 5) is 95.2. The summed E-state index contributed by atoms with van der Waals surface area (Å²) in [6.45, 7) is 4.78. The number of alkyl carbamates (subject to hydrolysis) is 1. The van der Waals surface area contributed by atoms with Crippen molar-refractivity contribution in [3.63, 3.8) is 0 Å². The number of rotatable bonds is 12. The SMILES string of the molecule is COC(=O)N[C@H](Cc1ccccn1)C(=O)N1CCC[C@H]1c1ncc(-c2ccc3nc(-c4ccc(-c5cnc([C@@H]6CCCN6C(=O)[C@H](C(C)C)N(C)C(=O)O)[nH]5)cc4)cnc3c2)[nH]1.O=C(O)C(F)(F)F. The molecule has 4 atom stereocenters. The van der Waals surface area contributed by atoms with Crippen molar-refractivity contribution in [2.24, 2.45) is 5.92 Å². The number of imidazole rings is 2. The number of carbonyl (C=O) groups is 5. The van der Waals surface area contributed by atoms with E-state index in [4.69, 9.17) is 29.6 Å². The number of ether oxygens (including phenoxy) is 1.